The molecule has 182 valence electrons. The van der Waals surface area contributed by atoms with Crippen LogP contribution in [0.15, 0.2) is 99.9 Å². The molecule has 4 aromatic rings. The number of halogens is 2. The number of rotatable bonds is 4. The van der Waals surface area contributed by atoms with E-state index in [4.69, 9.17) is 4.74 Å². The fourth-order valence-electron chi connectivity index (χ4n) is 5.97. The van der Waals surface area contributed by atoms with Crippen LogP contribution in [0.1, 0.15) is 50.7 Å². The molecule has 4 heteroatoms. The average Bonchev–Trinajstić information content (AvgIpc) is 3.43. The van der Waals surface area contributed by atoms with Gasteiger partial charge in [0.25, 0.3) is 0 Å². The SMILES string of the molecule is CC1(C)OC2(CCCC2)c2ccc(-c3ccc(N(c4ccc(Br)cc4)c4ccc(Br)cc4)cc3)cc21. The molecule has 0 amide bonds. The molecule has 36 heavy (non-hydrogen) atoms. The Labute approximate surface area is 230 Å². The molecule has 0 aromatic heterocycles. The van der Waals surface area contributed by atoms with E-state index in [9.17, 15) is 0 Å². The topological polar surface area (TPSA) is 12.5 Å². The van der Waals surface area contributed by atoms with Gasteiger partial charge in [-0.2, -0.15) is 0 Å². The van der Waals surface area contributed by atoms with Crippen molar-refractivity contribution in [2.24, 2.45) is 0 Å². The van der Waals surface area contributed by atoms with Crippen molar-refractivity contribution in [3.05, 3.63) is 111 Å². The molecule has 1 heterocycles. The van der Waals surface area contributed by atoms with Crippen molar-refractivity contribution in [1.29, 1.82) is 0 Å². The van der Waals surface area contributed by atoms with Crippen LogP contribution in [0.2, 0.25) is 0 Å². The zero-order valence-electron chi connectivity index (χ0n) is 20.6. The van der Waals surface area contributed by atoms with Gasteiger partial charge in [-0.3, -0.25) is 0 Å². The van der Waals surface area contributed by atoms with Crippen LogP contribution in [-0.4, -0.2) is 0 Å². The number of ether oxygens (including phenoxy) is 1. The van der Waals surface area contributed by atoms with E-state index in [1.807, 2.05) is 0 Å². The smallest absolute Gasteiger partial charge is 0.0946 e. The summed E-state index contributed by atoms with van der Waals surface area (Å²) in [7, 11) is 0. The van der Waals surface area contributed by atoms with Crippen LogP contribution in [0, 0.1) is 0 Å². The van der Waals surface area contributed by atoms with Gasteiger partial charge in [-0.1, -0.05) is 69.0 Å². The molecular formula is C32H29Br2NO. The van der Waals surface area contributed by atoms with Crippen LogP contribution >= 0.6 is 31.9 Å². The highest BCUT2D eigenvalue weighted by molar-refractivity contribution is 9.10. The Bertz CT molecular complexity index is 1340. The normalized spacial score (nSPS) is 17.3. The summed E-state index contributed by atoms with van der Waals surface area (Å²) in [4.78, 5) is 2.28. The molecule has 0 unspecified atom stereocenters. The monoisotopic (exact) mass is 601 g/mol. The minimum atomic E-state index is -0.254. The van der Waals surface area contributed by atoms with E-state index >= 15 is 0 Å². The van der Waals surface area contributed by atoms with E-state index in [1.54, 1.807) is 0 Å². The Kier molecular flexibility index (Phi) is 6.10. The first-order valence-corrected chi connectivity index (χ1v) is 14.2. The standard InChI is InChI=1S/C32H29Br2NO/c1-31(2)30-21-23(7-18-29(30)32(36-31)19-3-4-20-32)22-5-12-26(13-6-22)35(27-14-8-24(33)9-15-27)28-16-10-25(34)11-17-28/h5-18,21H,3-4,19-20H2,1-2H3. The predicted octanol–water partition coefficient (Wildman–Crippen LogP) is 10.4. The largest absolute Gasteiger partial charge is 0.360 e. The van der Waals surface area contributed by atoms with Gasteiger partial charge in [0.2, 0.25) is 0 Å². The summed E-state index contributed by atoms with van der Waals surface area (Å²) in [5.74, 6) is 0. The van der Waals surface area contributed by atoms with Gasteiger partial charge >= 0.3 is 0 Å². The number of hydrogen-bond acceptors (Lipinski definition) is 2. The van der Waals surface area contributed by atoms with Crippen LogP contribution in [-0.2, 0) is 15.9 Å². The molecule has 0 saturated heterocycles. The van der Waals surface area contributed by atoms with Crippen LogP contribution < -0.4 is 4.90 Å². The second-order valence-corrected chi connectivity index (χ2v) is 12.2. The summed E-state index contributed by atoms with van der Waals surface area (Å²) in [5.41, 5.74) is 8.24. The second kappa shape index (κ2) is 9.16. The van der Waals surface area contributed by atoms with E-state index in [0.717, 1.165) is 38.8 Å². The molecule has 0 radical (unpaired) electrons. The molecule has 6 rings (SSSR count). The van der Waals surface area contributed by atoms with Crippen molar-refractivity contribution in [2.75, 3.05) is 4.90 Å². The van der Waals surface area contributed by atoms with Gasteiger partial charge in [0.05, 0.1) is 11.2 Å². The minimum absolute atomic E-state index is 0.0723. The van der Waals surface area contributed by atoms with Gasteiger partial charge in [0.15, 0.2) is 0 Å². The zero-order valence-corrected chi connectivity index (χ0v) is 23.8. The highest BCUT2D eigenvalue weighted by Gasteiger charge is 2.50. The number of benzene rings is 4. The Hall–Kier alpha value is -2.40. The summed E-state index contributed by atoms with van der Waals surface area (Å²) in [6.07, 6.45) is 4.79. The first kappa shape index (κ1) is 24.0. The van der Waals surface area contributed by atoms with Crippen molar-refractivity contribution in [3.63, 3.8) is 0 Å². The van der Waals surface area contributed by atoms with Crippen LogP contribution in [0.3, 0.4) is 0 Å². The molecule has 0 bridgehead atoms. The Morgan fingerprint density at radius 2 is 1.08 bits per heavy atom. The molecule has 0 N–H and O–H groups in total. The first-order valence-electron chi connectivity index (χ1n) is 12.6. The van der Waals surface area contributed by atoms with E-state index in [-0.39, 0.29) is 11.2 Å². The Morgan fingerprint density at radius 1 is 0.611 bits per heavy atom. The van der Waals surface area contributed by atoms with Crippen molar-refractivity contribution in [1.82, 2.24) is 0 Å². The van der Waals surface area contributed by atoms with Gasteiger partial charge in [0, 0.05) is 26.0 Å². The fraction of sp³-hybridized carbons (Fsp3) is 0.250. The molecule has 2 aliphatic rings. The van der Waals surface area contributed by atoms with E-state index in [1.165, 1.54) is 35.1 Å². The molecular weight excluding hydrogens is 574 g/mol. The molecule has 2 nitrogen and oxygen atoms in total. The summed E-state index contributed by atoms with van der Waals surface area (Å²) in [6.45, 7) is 4.44. The Balaban J connectivity index is 1.37. The lowest BCUT2D eigenvalue weighted by Crippen LogP contribution is -2.25. The van der Waals surface area contributed by atoms with Gasteiger partial charge in [-0.05, 0) is 116 Å². The van der Waals surface area contributed by atoms with Crippen molar-refractivity contribution in [3.8, 4) is 11.1 Å². The molecule has 1 spiro atoms. The zero-order chi connectivity index (χ0) is 24.9. The first-order chi connectivity index (χ1) is 17.3. The molecule has 1 fully saturated rings. The van der Waals surface area contributed by atoms with E-state index in [0.29, 0.717) is 0 Å². The van der Waals surface area contributed by atoms with Gasteiger partial charge in [-0.25, -0.2) is 0 Å². The summed E-state index contributed by atoms with van der Waals surface area (Å²) in [6, 6.07) is 32.8. The summed E-state index contributed by atoms with van der Waals surface area (Å²) < 4.78 is 8.85. The average molecular weight is 603 g/mol. The maximum Gasteiger partial charge on any atom is 0.0946 e. The van der Waals surface area contributed by atoms with Crippen molar-refractivity contribution < 1.29 is 4.74 Å². The maximum atomic E-state index is 6.71. The van der Waals surface area contributed by atoms with Crippen molar-refractivity contribution >= 4 is 48.9 Å². The van der Waals surface area contributed by atoms with Crippen LogP contribution in [0.5, 0.6) is 0 Å². The lowest BCUT2D eigenvalue weighted by molar-refractivity contribution is -0.122. The Morgan fingerprint density at radius 3 is 1.61 bits per heavy atom. The minimum Gasteiger partial charge on any atom is -0.360 e. The third kappa shape index (κ3) is 4.23. The van der Waals surface area contributed by atoms with E-state index < -0.39 is 0 Å². The quantitative estimate of drug-likeness (QED) is 0.230. The molecule has 4 aromatic carbocycles. The molecule has 1 aliphatic heterocycles. The van der Waals surface area contributed by atoms with Gasteiger partial charge in [0.1, 0.15) is 0 Å². The third-order valence-corrected chi connectivity index (χ3v) is 8.71. The van der Waals surface area contributed by atoms with Gasteiger partial charge in [-0.15, -0.1) is 0 Å². The van der Waals surface area contributed by atoms with E-state index in [2.05, 4.69) is 142 Å². The van der Waals surface area contributed by atoms with Gasteiger partial charge < -0.3 is 9.64 Å². The molecule has 0 atom stereocenters. The third-order valence-electron chi connectivity index (χ3n) is 7.65. The number of fused-ring (bicyclic) bond motifs is 2. The van der Waals surface area contributed by atoms with Crippen LogP contribution in [0.25, 0.3) is 11.1 Å². The highest BCUT2D eigenvalue weighted by atomic mass is 79.9. The number of hydrogen-bond donors (Lipinski definition) is 0. The highest BCUT2D eigenvalue weighted by Crippen LogP contribution is 2.55. The summed E-state index contributed by atoms with van der Waals surface area (Å²) in [5, 5.41) is 0. The lowest BCUT2D eigenvalue weighted by Gasteiger charge is -2.28. The second-order valence-electron chi connectivity index (χ2n) is 10.4. The summed E-state index contributed by atoms with van der Waals surface area (Å²) >= 11 is 7.13. The maximum absolute atomic E-state index is 6.71. The van der Waals surface area contributed by atoms with Crippen molar-refractivity contribution in [2.45, 2.75) is 50.7 Å². The molecule has 1 aliphatic carbocycles. The fourth-order valence-corrected chi connectivity index (χ4v) is 6.49. The molecule has 1 saturated carbocycles. The number of nitrogens with zero attached hydrogens (tertiary/aromatic N) is 1. The lowest BCUT2D eigenvalue weighted by atomic mass is 9.85. The number of anilines is 3. The predicted molar refractivity (Wildman–Crippen MR) is 156 cm³/mol. The van der Waals surface area contributed by atoms with Crippen LogP contribution in [0.4, 0.5) is 17.1 Å².